The molecule has 19 heavy (non-hydrogen) atoms. The first-order chi connectivity index (χ1) is 8.95. The van der Waals surface area contributed by atoms with Gasteiger partial charge in [-0.1, -0.05) is 28.9 Å². The lowest BCUT2D eigenvalue weighted by molar-refractivity contribution is -0.137. The fourth-order valence-corrected chi connectivity index (χ4v) is 2.10. The van der Waals surface area contributed by atoms with Gasteiger partial charge in [0, 0.05) is 16.1 Å². The highest BCUT2D eigenvalue weighted by Crippen LogP contribution is 2.28. The van der Waals surface area contributed by atoms with Crippen LogP contribution >= 0.6 is 15.9 Å². The van der Waals surface area contributed by atoms with E-state index in [2.05, 4.69) is 15.9 Å². The number of carbonyl (C=O) groups is 1. The smallest absolute Gasteiger partial charge is 0.330 e. The number of esters is 1. The highest BCUT2D eigenvalue weighted by molar-refractivity contribution is 9.10. The molecule has 0 fully saturated rings. The van der Waals surface area contributed by atoms with E-state index in [1.165, 1.54) is 18.2 Å². The second-order valence-corrected chi connectivity index (χ2v) is 4.99. The Morgan fingerprint density at radius 3 is 2.53 bits per heavy atom. The number of hydrogen-bond acceptors (Lipinski definition) is 2. The zero-order valence-corrected chi connectivity index (χ0v) is 12.3. The molecule has 104 valence electrons. The summed E-state index contributed by atoms with van der Waals surface area (Å²) in [7, 11) is 0. The van der Waals surface area contributed by atoms with Crippen LogP contribution in [0.3, 0.4) is 0 Å². The van der Waals surface area contributed by atoms with Crippen molar-refractivity contribution in [3.05, 3.63) is 46.0 Å². The third-order valence-corrected chi connectivity index (χ3v) is 3.02. The molecule has 1 unspecified atom stereocenters. The van der Waals surface area contributed by atoms with Crippen LogP contribution in [-0.4, -0.2) is 12.6 Å². The maximum atomic E-state index is 13.7. The molecule has 0 aromatic heterocycles. The first-order valence-electron chi connectivity index (χ1n) is 5.93. The maximum Gasteiger partial charge on any atom is 0.330 e. The Balaban J connectivity index is 2.74. The third kappa shape index (κ3) is 4.74. The van der Waals surface area contributed by atoms with Crippen molar-refractivity contribution in [2.75, 3.05) is 6.61 Å². The minimum Gasteiger partial charge on any atom is -0.463 e. The van der Waals surface area contributed by atoms with E-state index in [0.717, 1.165) is 0 Å². The van der Waals surface area contributed by atoms with Gasteiger partial charge in [0.15, 0.2) is 0 Å². The molecule has 0 aliphatic carbocycles. The highest BCUT2D eigenvalue weighted by atomic mass is 79.9. The van der Waals surface area contributed by atoms with Gasteiger partial charge in [0.05, 0.1) is 6.61 Å². The Bertz CT molecular complexity index is 463. The molecule has 2 nitrogen and oxygen atoms in total. The van der Waals surface area contributed by atoms with E-state index in [1.54, 1.807) is 19.9 Å². The molecule has 0 aliphatic heterocycles. The van der Waals surface area contributed by atoms with E-state index in [0.29, 0.717) is 17.5 Å². The van der Waals surface area contributed by atoms with Crippen molar-refractivity contribution in [2.24, 2.45) is 0 Å². The Labute approximate surface area is 119 Å². The van der Waals surface area contributed by atoms with Crippen LogP contribution in [0.4, 0.5) is 8.78 Å². The molecule has 0 spiro atoms. The molecule has 1 rings (SSSR count). The quantitative estimate of drug-likeness (QED) is 0.592. The van der Waals surface area contributed by atoms with Gasteiger partial charge in [-0.3, -0.25) is 0 Å². The largest absolute Gasteiger partial charge is 0.463 e. The summed E-state index contributed by atoms with van der Waals surface area (Å²) < 4.78 is 32.4. The molecule has 0 heterocycles. The number of halogens is 3. The van der Waals surface area contributed by atoms with Gasteiger partial charge in [0.2, 0.25) is 0 Å². The standard InChI is InChI=1S/C14H15BrF2O2/c1-3-19-13(18)6-4-5-9(2)14-11(16)7-10(15)8-12(14)17/h4,6-9H,3,5H2,1-2H3/b6-4+. The molecule has 5 heteroatoms. The fraction of sp³-hybridized carbons (Fsp3) is 0.357. The van der Waals surface area contributed by atoms with E-state index in [4.69, 9.17) is 4.74 Å². The van der Waals surface area contributed by atoms with Crippen molar-refractivity contribution in [2.45, 2.75) is 26.2 Å². The predicted molar refractivity (Wildman–Crippen MR) is 72.9 cm³/mol. The summed E-state index contributed by atoms with van der Waals surface area (Å²) in [6.07, 6.45) is 3.19. The van der Waals surface area contributed by atoms with Gasteiger partial charge >= 0.3 is 5.97 Å². The molecule has 0 saturated heterocycles. The van der Waals surface area contributed by atoms with Crippen LogP contribution < -0.4 is 0 Å². The molecule has 0 amide bonds. The van der Waals surface area contributed by atoms with Gasteiger partial charge in [0.1, 0.15) is 11.6 Å². The van der Waals surface area contributed by atoms with Gasteiger partial charge in [-0.05, 0) is 31.4 Å². The number of hydrogen-bond donors (Lipinski definition) is 0. The van der Waals surface area contributed by atoms with Crippen LogP contribution in [0.5, 0.6) is 0 Å². The van der Waals surface area contributed by atoms with E-state index < -0.39 is 17.6 Å². The normalized spacial score (nSPS) is 12.7. The lowest BCUT2D eigenvalue weighted by Gasteiger charge is -2.12. The Morgan fingerprint density at radius 2 is 2.00 bits per heavy atom. The Kier molecular flexibility index (Phi) is 6.15. The van der Waals surface area contributed by atoms with Crippen molar-refractivity contribution in [1.82, 2.24) is 0 Å². The summed E-state index contributed by atoms with van der Waals surface area (Å²) in [5, 5.41) is 0. The first-order valence-corrected chi connectivity index (χ1v) is 6.72. The number of ether oxygens (including phenoxy) is 1. The van der Waals surface area contributed by atoms with Gasteiger partial charge in [-0.15, -0.1) is 0 Å². The highest BCUT2D eigenvalue weighted by Gasteiger charge is 2.16. The molecule has 1 aromatic rings. The van der Waals surface area contributed by atoms with Crippen LogP contribution in [0.25, 0.3) is 0 Å². The summed E-state index contributed by atoms with van der Waals surface area (Å²) in [5.41, 5.74) is 0.0247. The third-order valence-electron chi connectivity index (χ3n) is 2.57. The minimum absolute atomic E-state index is 0.0247. The van der Waals surface area contributed by atoms with Crippen LogP contribution in [-0.2, 0) is 9.53 Å². The second kappa shape index (κ2) is 7.38. The van der Waals surface area contributed by atoms with Gasteiger partial charge in [0.25, 0.3) is 0 Å². The van der Waals surface area contributed by atoms with E-state index >= 15 is 0 Å². The zero-order valence-electron chi connectivity index (χ0n) is 10.8. The second-order valence-electron chi connectivity index (χ2n) is 4.07. The summed E-state index contributed by atoms with van der Waals surface area (Å²) in [6.45, 7) is 3.71. The summed E-state index contributed by atoms with van der Waals surface area (Å²) in [4.78, 5) is 11.1. The molecule has 0 radical (unpaired) electrons. The fourth-order valence-electron chi connectivity index (χ4n) is 1.70. The molecule has 0 bridgehead atoms. The average Bonchev–Trinajstić information content (AvgIpc) is 2.27. The van der Waals surface area contributed by atoms with E-state index in [-0.39, 0.29) is 11.5 Å². The topological polar surface area (TPSA) is 26.3 Å². The SMILES string of the molecule is CCOC(=O)/C=C/CC(C)c1c(F)cc(Br)cc1F. The minimum atomic E-state index is -0.594. The molecule has 0 saturated carbocycles. The lowest BCUT2D eigenvalue weighted by atomic mass is 9.96. The zero-order chi connectivity index (χ0) is 14.4. The number of allylic oxidation sites excluding steroid dienone is 1. The monoisotopic (exact) mass is 332 g/mol. The molecule has 0 aliphatic rings. The van der Waals surface area contributed by atoms with Gasteiger partial charge in [-0.25, -0.2) is 13.6 Å². The molecule has 1 aromatic carbocycles. The van der Waals surface area contributed by atoms with Crippen LogP contribution in [0.2, 0.25) is 0 Å². The van der Waals surface area contributed by atoms with Crippen LogP contribution in [0, 0.1) is 11.6 Å². The first kappa shape index (κ1) is 15.8. The van der Waals surface area contributed by atoms with Crippen molar-refractivity contribution < 1.29 is 18.3 Å². The van der Waals surface area contributed by atoms with Gasteiger partial charge in [-0.2, -0.15) is 0 Å². The summed E-state index contributed by atoms with van der Waals surface area (Å²) >= 11 is 3.03. The maximum absolute atomic E-state index is 13.7. The van der Waals surface area contributed by atoms with Crippen LogP contribution in [0.1, 0.15) is 31.7 Å². The molecular weight excluding hydrogens is 318 g/mol. The Hall–Kier alpha value is -1.23. The Morgan fingerprint density at radius 1 is 1.42 bits per heavy atom. The molecular formula is C14H15BrF2O2. The number of benzene rings is 1. The predicted octanol–water partition coefficient (Wildman–Crippen LogP) is 4.34. The van der Waals surface area contributed by atoms with Crippen molar-refractivity contribution in [3.8, 4) is 0 Å². The summed E-state index contributed by atoms with van der Waals surface area (Å²) in [5.74, 6) is -2.00. The summed E-state index contributed by atoms with van der Waals surface area (Å²) in [6, 6.07) is 2.45. The van der Waals surface area contributed by atoms with E-state index in [1.807, 2.05) is 0 Å². The molecule has 1 atom stereocenters. The van der Waals surface area contributed by atoms with Gasteiger partial charge < -0.3 is 4.74 Å². The van der Waals surface area contributed by atoms with E-state index in [9.17, 15) is 13.6 Å². The van der Waals surface area contributed by atoms with Crippen molar-refractivity contribution in [1.29, 1.82) is 0 Å². The number of rotatable bonds is 5. The number of carbonyl (C=O) groups excluding carboxylic acids is 1. The molecule has 0 N–H and O–H groups in total. The van der Waals surface area contributed by atoms with Crippen molar-refractivity contribution in [3.63, 3.8) is 0 Å². The van der Waals surface area contributed by atoms with Crippen LogP contribution in [0.15, 0.2) is 28.8 Å². The average molecular weight is 333 g/mol. The van der Waals surface area contributed by atoms with Crippen molar-refractivity contribution >= 4 is 21.9 Å². The lowest BCUT2D eigenvalue weighted by Crippen LogP contribution is -2.02.